The molecule has 0 saturated heterocycles. The van der Waals surface area contributed by atoms with Gasteiger partial charge in [0.1, 0.15) is 5.75 Å². The quantitative estimate of drug-likeness (QED) is 0.774. The number of fused-ring (bicyclic) bond motifs is 1. The van der Waals surface area contributed by atoms with E-state index in [9.17, 15) is 9.90 Å². The summed E-state index contributed by atoms with van der Waals surface area (Å²) in [5.74, 6) is 0.174. The van der Waals surface area contributed by atoms with Crippen LogP contribution in [0.5, 0.6) is 5.75 Å². The van der Waals surface area contributed by atoms with Crippen LogP contribution in [-0.2, 0) is 6.54 Å². The molecule has 3 rings (SSSR count). The van der Waals surface area contributed by atoms with E-state index < -0.39 is 0 Å². The van der Waals surface area contributed by atoms with E-state index in [1.54, 1.807) is 18.2 Å². The van der Waals surface area contributed by atoms with E-state index in [2.05, 4.69) is 10.5 Å². The number of rotatable bonds is 3. The predicted octanol–water partition coefficient (Wildman–Crippen LogP) is 2.77. The fourth-order valence-electron chi connectivity index (χ4n) is 2.17. The molecule has 0 spiro atoms. The minimum absolute atomic E-state index is 0.0417. The first-order valence-electron chi connectivity index (χ1n) is 6.55. The maximum absolute atomic E-state index is 12.2. The first kappa shape index (κ1) is 13.2. The average Bonchev–Trinajstić information content (AvgIpc) is 2.89. The Hall–Kier alpha value is -2.82. The van der Waals surface area contributed by atoms with Crippen LogP contribution in [0.4, 0.5) is 0 Å². The number of carbonyl (C=O) groups is 1. The molecule has 0 radical (unpaired) electrons. The second-order valence-electron chi connectivity index (χ2n) is 4.83. The zero-order valence-corrected chi connectivity index (χ0v) is 11.5. The fraction of sp³-hybridized carbons (Fsp3) is 0.125. The summed E-state index contributed by atoms with van der Waals surface area (Å²) in [6.07, 6.45) is 0. The third-order valence-electron chi connectivity index (χ3n) is 3.21. The Balaban J connectivity index is 1.82. The summed E-state index contributed by atoms with van der Waals surface area (Å²) in [5, 5.41) is 18.2. The van der Waals surface area contributed by atoms with Crippen LogP contribution >= 0.6 is 0 Å². The summed E-state index contributed by atoms with van der Waals surface area (Å²) in [6.45, 7) is 2.04. The first-order chi connectivity index (χ1) is 10.1. The monoisotopic (exact) mass is 282 g/mol. The molecule has 0 saturated carbocycles. The summed E-state index contributed by atoms with van der Waals surface area (Å²) < 4.78 is 5.02. The highest BCUT2D eigenvalue weighted by Crippen LogP contribution is 2.24. The molecule has 2 aromatic carbocycles. The van der Waals surface area contributed by atoms with Gasteiger partial charge < -0.3 is 14.9 Å². The van der Waals surface area contributed by atoms with Crippen molar-refractivity contribution < 1.29 is 14.4 Å². The summed E-state index contributed by atoms with van der Waals surface area (Å²) in [5.41, 5.74) is 0.998. The van der Waals surface area contributed by atoms with Gasteiger partial charge in [0.05, 0.1) is 17.8 Å². The highest BCUT2D eigenvalue weighted by atomic mass is 16.5. The molecule has 0 aliphatic rings. The highest BCUT2D eigenvalue weighted by Gasteiger charge is 2.13. The Morgan fingerprint density at radius 2 is 1.95 bits per heavy atom. The Bertz CT molecular complexity index is 808. The van der Waals surface area contributed by atoms with Gasteiger partial charge in [-0.05, 0) is 29.8 Å². The molecule has 21 heavy (non-hydrogen) atoms. The standard InChI is InChI=1S/C16H14N2O3/c1-10-6-13(21-18-10)9-17-16(20)14-7-11-4-2-3-5-12(11)8-15(14)19/h2-8,19H,9H2,1H3,(H,17,20). The number of aromatic hydroxyl groups is 1. The summed E-state index contributed by atoms with van der Waals surface area (Å²) in [7, 11) is 0. The van der Waals surface area contributed by atoms with Crippen molar-refractivity contribution in [1.29, 1.82) is 0 Å². The van der Waals surface area contributed by atoms with Gasteiger partial charge >= 0.3 is 0 Å². The molecule has 1 aromatic heterocycles. The smallest absolute Gasteiger partial charge is 0.255 e. The third kappa shape index (κ3) is 2.72. The molecular weight excluding hydrogens is 268 g/mol. The minimum Gasteiger partial charge on any atom is -0.507 e. The van der Waals surface area contributed by atoms with Crippen molar-refractivity contribution in [2.45, 2.75) is 13.5 Å². The van der Waals surface area contributed by atoms with Crippen LogP contribution in [0.25, 0.3) is 10.8 Å². The number of aryl methyl sites for hydroxylation is 1. The molecule has 5 heteroatoms. The Morgan fingerprint density at radius 1 is 1.24 bits per heavy atom. The van der Waals surface area contributed by atoms with Crippen molar-refractivity contribution in [1.82, 2.24) is 10.5 Å². The summed E-state index contributed by atoms with van der Waals surface area (Å²) in [4.78, 5) is 12.2. The van der Waals surface area contributed by atoms with Crippen molar-refractivity contribution in [3.05, 3.63) is 59.5 Å². The molecule has 1 amide bonds. The second-order valence-corrected chi connectivity index (χ2v) is 4.83. The number of amides is 1. The number of phenols is 1. The molecular formula is C16H14N2O3. The molecule has 0 atom stereocenters. The Labute approximate surface area is 121 Å². The van der Waals surface area contributed by atoms with Gasteiger partial charge in [-0.3, -0.25) is 4.79 Å². The van der Waals surface area contributed by atoms with Gasteiger partial charge in [-0.25, -0.2) is 0 Å². The van der Waals surface area contributed by atoms with Gasteiger partial charge in [-0.15, -0.1) is 0 Å². The lowest BCUT2D eigenvalue weighted by atomic mass is 10.1. The molecule has 0 fully saturated rings. The molecule has 1 heterocycles. The van der Waals surface area contributed by atoms with E-state index in [0.717, 1.165) is 16.5 Å². The molecule has 0 aliphatic carbocycles. The SMILES string of the molecule is Cc1cc(CNC(=O)c2cc3ccccc3cc2O)on1. The predicted molar refractivity (Wildman–Crippen MR) is 78.0 cm³/mol. The lowest BCUT2D eigenvalue weighted by Crippen LogP contribution is -2.22. The topological polar surface area (TPSA) is 75.4 Å². The van der Waals surface area contributed by atoms with Gasteiger partial charge in [0.25, 0.3) is 5.91 Å². The summed E-state index contributed by atoms with van der Waals surface area (Å²) in [6, 6.07) is 12.6. The zero-order valence-electron chi connectivity index (χ0n) is 11.5. The maximum atomic E-state index is 12.2. The van der Waals surface area contributed by atoms with Crippen LogP contribution in [0, 0.1) is 6.92 Å². The zero-order chi connectivity index (χ0) is 14.8. The van der Waals surface area contributed by atoms with Crippen LogP contribution < -0.4 is 5.32 Å². The number of benzene rings is 2. The average molecular weight is 282 g/mol. The Kier molecular flexibility index (Phi) is 3.31. The number of carbonyl (C=O) groups excluding carboxylic acids is 1. The van der Waals surface area contributed by atoms with Gasteiger partial charge in [-0.2, -0.15) is 0 Å². The molecule has 5 nitrogen and oxygen atoms in total. The first-order valence-corrected chi connectivity index (χ1v) is 6.55. The van der Waals surface area contributed by atoms with Crippen molar-refractivity contribution in [2.24, 2.45) is 0 Å². The van der Waals surface area contributed by atoms with Crippen LogP contribution in [0.2, 0.25) is 0 Å². The van der Waals surface area contributed by atoms with Crippen molar-refractivity contribution in [2.75, 3.05) is 0 Å². The number of hydrogen-bond donors (Lipinski definition) is 2. The Morgan fingerprint density at radius 3 is 2.62 bits per heavy atom. The molecule has 106 valence electrons. The molecule has 0 aliphatic heterocycles. The van der Waals surface area contributed by atoms with Gasteiger partial charge in [0.2, 0.25) is 0 Å². The highest BCUT2D eigenvalue weighted by molar-refractivity contribution is 6.01. The molecule has 0 unspecified atom stereocenters. The van der Waals surface area contributed by atoms with Gasteiger partial charge in [0, 0.05) is 6.07 Å². The lowest BCUT2D eigenvalue weighted by molar-refractivity contribution is 0.0944. The maximum Gasteiger partial charge on any atom is 0.255 e. The van der Waals surface area contributed by atoms with Crippen LogP contribution in [0.15, 0.2) is 47.0 Å². The van der Waals surface area contributed by atoms with Gasteiger partial charge in [-0.1, -0.05) is 29.4 Å². The molecule has 3 aromatic rings. The summed E-state index contributed by atoms with van der Waals surface area (Å²) >= 11 is 0. The van der Waals surface area contributed by atoms with E-state index in [0.29, 0.717) is 5.76 Å². The number of phenolic OH excluding ortho intramolecular Hbond substituents is 1. The van der Waals surface area contributed by atoms with E-state index in [1.165, 1.54) is 0 Å². The molecule has 0 bridgehead atoms. The van der Waals surface area contributed by atoms with E-state index in [-0.39, 0.29) is 23.8 Å². The van der Waals surface area contributed by atoms with E-state index in [4.69, 9.17) is 4.52 Å². The van der Waals surface area contributed by atoms with Crippen molar-refractivity contribution >= 4 is 16.7 Å². The lowest BCUT2D eigenvalue weighted by Gasteiger charge is -2.07. The van der Waals surface area contributed by atoms with Crippen molar-refractivity contribution in [3.8, 4) is 5.75 Å². The molecule has 2 N–H and O–H groups in total. The van der Waals surface area contributed by atoms with Crippen LogP contribution in [0.3, 0.4) is 0 Å². The normalized spacial score (nSPS) is 10.7. The fourth-order valence-corrected chi connectivity index (χ4v) is 2.17. The number of hydrogen-bond acceptors (Lipinski definition) is 4. The van der Waals surface area contributed by atoms with Crippen molar-refractivity contribution in [3.63, 3.8) is 0 Å². The second kappa shape index (κ2) is 5.28. The number of nitrogens with one attached hydrogen (secondary N) is 1. The van der Waals surface area contributed by atoms with E-state index in [1.807, 2.05) is 31.2 Å². The van der Waals surface area contributed by atoms with Crippen LogP contribution in [-0.4, -0.2) is 16.2 Å². The largest absolute Gasteiger partial charge is 0.507 e. The number of nitrogens with zero attached hydrogens (tertiary/aromatic N) is 1. The third-order valence-corrected chi connectivity index (χ3v) is 3.21. The van der Waals surface area contributed by atoms with Crippen LogP contribution in [0.1, 0.15) is 21.8 Å². The number of aromatic nitrogens is 1. The van der Waals surface area contributed by atoms with Gasteiger partial charge in [0.15, 0.2) is 5.76 Å². The van der Waals surface area contributed by atoms with E-state index >= 15 is 0 Å². The minimum atomic E-state index is -0.354.